The maximum absolute atomic E-state index is 5.23. The van der Waals surface area contributed by atoms with E-state index in [1.807, 2.05) is 0 Å². The fourth-order valence-electron chi connectivity index (χ4n) is 8.94. The summed E-state index contributed by atoms with van der Waals surface area (Å²) in [7, 11) is 0. The molecule has 0 unspecified atom stereocenters. The first-order chi connectivity index (χ1) is 25.3. The second-order valence-electron chi connectivity index (χ2n) is 13.5. The Morgan fingerprint density at radius 3 is 1.75 bits per heavy atom. The fraction of sp³-hybridized carbons (Fsp3) is 0. The molecule has 8 aromatic carbocycles. The number of nitrogens with zero attached hydrogens (tertiary/aromatic N) is 4. The van der Waals surface area contributed by atoms with E-state index in [-0.39, 0.29) is 0 Å². The van der Waals surface area contributed by atoms with Crippen LogP contribution in [0.5, 0.6) is 0 Å². The lowest BCUT2D eigenvalue weighted by Crippen LogP contribution is -1.99. The molecule has 12 aromatic rings. The maximum Gasteiger partial charge on any atom is 0.145 e. The summed E-state index contributed by atoms with van der Waals surface area (Å²) in [5, 5.41) is 10.3. The van der Waals surface area contributed by atoms with Gasteiger partial charge in [0.25, 0.3) is 0 Å². The minimum atomic E-state index is 0.930. The van der Waals surface area contributed by atoms with Crippen LogP contribution in [-0.4, -0.2) is 18.5 Å². The SMILES string of the molecule is c1ccc(-c2nc3ccc(-n4c5ccccc5c5c6ccccc6c6c7cccc8c9ccccc9n(c87)c6c54)cc3n2-c2ccccc2)cc1. The van der Waals surface area contributed by atoms with Crippen molar-refractivity contribution in [3.63, 3.8) is 0 Å². The van der Waals surface area contributed by atoms with Gasteiger partial charge in [0, 0.05) is 49.3 Å². The zero-order chi connectivity index (χ0) is 33.2. The van der Waals surface area contributed by atoms with Gasteiger partial charge in [0.15, 0.2) is 0 Å². The van der Waals surface area contributed by atoms with Crippen molar-refractivity contribution in [3.8, 4) is 22.8 Å². The van der Waals surface area contributed by atoms with E-state index in [0.29, 0.717) is 0 Å². The van der Waals surface area contributed by atoms with Crippen LogP contribution in [0.4, 0.5) is 0 Å². The van der Waals surface area contributed by atoms with Gasteiger partial charge in [-0.3, -0.25) is 4.57 Å². The Morgan fingerprint density at radius 2 is 0.961 bits per heavy atom. The quantitative estimate of drug-likeness (QED) is 0.187. The molecule has 0 aliphatic carbocycles. The summed E-state index contributed by atoms with van der Waals surface area (Å²) >= 11 is 0. The van der Waals surface area contributed by atoms with Crippen molar-refractivity contribution in [1.82, 2.24) is 18.5 Å². The number of imidazole rings is 1. The molecule has 0 aliphatic rings. The molecule has 51 heavy (non-hydrogen) atoms. The molecule has 0 atom stereocenters. The summed E-state index contributed by atoms with van der Waals surface area (Å²) in [4.78, 5) is 5.23. The molecule has 236 valence electrons. The number of aromatic nitrogens is 4. The zero-order valence-corrected chi connectivity index (χ0v) is 27.5. The maximum atomic E-state index is 5.23. The van der Waals surface area contributed by atoms with Crippen molar-refractivity contribution >= 4 is 81.7 Å². The van der Waals surface area contributed by atoms with E-state index in [1.165, 1.54) is 70.7 Å². The van der Waals surface area contributed by atoms with Gasteiger partial charge in [-0.25, -0.2) is 4.98 Å². The van der Waals surface area contributed by atoms with E-state index in [2.05, 4.69) is 183 Å². The van der Waals surface area contributed by atoms with Gasteiger partial charge in [-0.05, 0) is 53.2 Å². The molecule has 0 N–H and O–H groups in total. The van der Waals surface area contributed by atoms with Gasteiger partial charge in [-0.15, -0.1) is 0 Å². The fourth-order valence-corrected chi connectivity index (χ4v) is 8.94. The minimum absolute atomic E-state index is 0.930. The summed E-state index contributed by atoms with van der Waals surface area (Å²) in [5.41, 5.74) is 11.5. The van der Waals surface area contributed by atoms with Gasteiger partial charge in [0.2, 0.25) is 0 Å². The summed E-state index contributed by atoms with van der Waals surface area (Å²) in [6, 6.07) is 61.4. The first-order valence-corrected chi connectivity index (χ1v) is 17.5. The molecule has 12 rings (SSSR count). The van der Waals surface area contributed by atoms with Gasteiger partial charge in [-0.2, -0.15) is 0 Å². The van der Waals surface area contributed by atoms with Crippen LogP contribution in [0.2, 0.25) is 0 Å². The lowest BCUT2D eigenvalue weighted by Gasteiger charge is -2.13. The second-order valence-corrected chi connectivity index (χ2v) is 13.5. The average molecular weight is 649 g/mol. The number of rotatable bonds is 3. The summed E-state index contributed by atoms with van der Waals surface area (Å²) in [6.45, 7) is 0. The van der Waals surface area contributed by atoms with E-state index in [4.69, 9.17) is 4.98 Å². The monoisotopic (exact) mass is 648 g/mol. The number of para-hydroxylation sites is 4. The number of fused-ring (bicyclic) bond motifs is 14. The largest absolute Gasteiger partial charge is 0.307 e. The number of hydrogen-bond acceptors (Lipinski definition) is 1. The molecule has 0 saturated heterocycles. The number of hydrogen-bond donors (Lipinski definition) is 0. The van der Waals surface area contributed by atoms with Crippen LogP contribution in [0.3, 0.4) is 0 Å². The zero-order valence-electron chi connectivity index (χ0n) is 27.5. The Kier molecular flexibility index (Phi) is 5.20. The average Bonchev–Trinajstić information content (AvgIpc) is 3.94. The Labute approximate surface area is 292 Å². The Balaban J connectivity index is 1.31. The molecule has 0 saturated carbocycles. The van der Waals surface area contributed by atoms with E-state index >= 15 is 0 Å². The van der Waals surface area contributed by atoms with Crippen LogP contribution >= 0.6 is 0 Å². The third-order valence-corrected chi connectivity index (χ3v) is 10.9. The Bertz CT molecular complexity index is 3340. The smallest absolute Gasteiger partial charge is 0.145 e. The van der Waals surface area contributed by atoms with Gasteiger partial charge in [0.1, 0.15) is 5.82 Å². The first-order valence-electron chi connectivity index (χ1n) is 17.5. The van der Waals surface area contributed by atoms with Crippen LogP contribution in [0.1, 0.15) is 0 Å². The Morgan fingerprint density at radius 1 is 0.353 bits per heavy atom. The van der Waals surface area contributed by atoms with Crippen molar-refractivity contribution in [2.24, 2.45) is 0 Å². The van der Waals surface area contributed by atoms with Crippen LogP contribution in [0, 0.1) is 0 Å². The van der Waals surface area contributed by atoms with Crippen LogP contribution in [0.15, 0.2) is 170 Å². The summed E-state index contributed by atoms with van der Waals surface area (Å²) < 4.78 is 7.35. The van der Waals surface area contributed by atoms with Gasteiger partial charge in [0.05, 0.1) is 38.6 Å². The normalized spacial score (nSPS) is 12.3. The van der Waals surface area contributed by atoms with Crippen molar-refractivity contribution < 1.29 is 0 Å². The molecule has 0 radical (unpaired) electrons. The van der Waals surface area contributed by atoms with Gasteiger partial charge < -0.3 is 8.97 Å². The highest BCUT2D eigenvalue weighted by Gasteiger charge is 2.26. The lowest BCUT2D eigenvalue weighted by molar-refractivity contribution is 1.10. The molecule has 4 heterocycles. The molecule has 0 spiro atoms. The van der Waals surface area contributed by atoms with E-state index in [1.54, 1.807) is 0 Å². The molecule has 4 aromatic heterocycles. The van der Waals surface area contributed by atoms with Crippen LogP contribution in [-0.2, 0) is 0 Å². The highest BCUT2D eigenvalue weighted by Crippen LogP contribution is 2.48. The van der Waals surface area contributed by atoms with E-state index in [9.17, 15) is 0 Å². The highest BCUT2D eigenvalue weighted by atomic mass is 15.1. The topological polar surface area (TPSA) is 27.2 Å². The molecular weight excluding hydrogens is 621 g/mol. The van der Waals surface area contributed by atoms with E-state index in [0.717, 1.165) is 33.8 Å². The van der Waals surface area contributed by atoms with E-state index < -0.39 is 0 Å². The molecule has 4 heteroatoms. The predicted molar refractivity (Wildman–Crippen MR) is 213 cm³/mol. The van der Waals surface area contributed by atoms with Crippen molar-refractivity contribution in [2.75, 3.05) is 0 Å². The molecule has 4 nitrogen and oxygen atoms in total. The molecule has 0 bridgehead atoms. The molecule has 0 aliphatic heterocycles. The minimum Gasteiger partial charge on any atom is -0.307 e. The van der Waals surface area contributed by atoms with Crippen LogP contribution in [0.25, 0.3) is 104 Å². The molecular formula is C47H28N4. The lowest BCUT2D eigenvalue weighted by atomic mass is 9.98. The Hall–Kier alpha value is -6.91. The predicted octanol–water partition coefficient (Wildman–Crippen LogP) is 12.1. The van der Waals surface area contributed by atoms with Crippen molar-refractivity contribution in [2.45, 2.75) is 0 Å². The van der Waals surface area contributed by atoms with Gasteiger partial charge >= 0.3 is 0 Å². The highest BCUT2D eigenvalue weighted by molar-refractivity contribution is 6.38. The van der Waals surface area contributed by atoms with Crippen molar-refractivity contribution in [3.05, 3.63) is 170 Å². The van der Waals surface area contributed by atoms with Gasteiger partial charge in [-0.1, -0.05) is 127 Å². The third-order valence-electron chi connectivity index (χ3n) is 10.9. The van der Waals surface area contributed by atoms with Crippen LogP contribution < -0.4 is 0 Å². The standard InChI is InChI=1S/C47H28N4/c1-3-14-29(15-4-1)47-48-38-27-26-31(28-41(38)50(47)30-16-5-2-6-17-30)49-40-25-12-10-21-36(40)42-33-19-7-8-20-34(33)43-37-23-13-22-35-32-18-9-11-24-39(32)51(44(35)37)46(43)45(42)49/h1-28H. The summed E-state index contributed by atoms with van der Waals surface area (Å²) in [6.07, 6.45) is 0. The first kappa shape index (κ1) is 27.0. The molecule has 0 fully saturated rings. The molecule has 0 amide bonds. The van der Waals surface area contributed by atoms with Crippen molar-refractivity contribution in [1.29, 1.82) is 0 Å². The second kappa shape index (κ2) is 9.84. The summed E-state index contributed by atoms with van der Waals surface area (Å²) in [5.74, 6) is 0.930. The number of benzene rings is 8. The third kappa shape index (κ3) is 3.46.